The predicted octanol–water partition coefficient (Wildman–Crippen LogP) is 3.55. The van der Waals surface area contributed by atoms with Gasteiger partial charge >= 0.3 is 0 Å². The summed E-state index contributed by atoms with van der Waals surface area (Å²) in [5, 5.41) is 10.2. The van der Waals surface area contributed by atoms with E-state index in [-0.39, 0.29) is 6.61 Å². The molecular formula is C11H14Cl2O. The summed E-state index contributed by atoms with van der Waals surface area (Å²) < 4.78 is 0. The van der Waals surface area contributed by atoms with Gasteiger partial charge in [0.25, 0.3) is 0 Å². The Morgan fingerprint density at radius 1 is 1.29 bits per heavy atom. The molecular weight excluding hydrogens is 219 g/mol. The maximum Gasteiger partial charge on any atom is 0.0595 e. The number of hydrogen-bond donors (Lipinski definition) is 1. The highest BCUT2D eigenvalue weighted by Crippen LogP contribution is 2.24. The second kappa shape index (κ2) is 5.59. The Kier molecular flexibility index (Phi) is 4.73. The summed E-state index contributed by atoms with van der Waals surface area (Å²) in [4.78, 5) is 0. The van der Waals surface area contributed by atoms with Crippen molar-refractivity contribution in [1.82, 2.24) is 0 Å². The molecule has 1 rings (SSSR count). The van der Waals surface area contributed by atoms with Gasteiger partial charge in [0, 0.05) is 6.61 Å². The zero-order valence-electron chi connectivity index (χ0n) is 8.13. The van der Waals surface area contributed by atoms with Gasteiger partial charge in [0.1, 0.15) is 0 Å². The number of aliphatic hydroxyl groups excluding tert-OH is 1. The molecule has 0 heterocycles. The van der Waals surface area contributed by atoms with Gasteiger partial charge in [-0.05, 0) is 30.0 Å². The molecule has 1 atom stereocenters. The first-order valence-corrected chi connectivity index (χ1v) is 5.47. The fraction of sp³-hybridized carbons (Fsp3) is 0.455. The highest BCUT2D eigenvalue weighted by atomic mass is 35.5. The molecule has 0 aliphatic rings. The fourth-order valence-corrected chi connectivity index (χ4v) is 1.66. The van der Waals surface area contributed by atoms with E-state index >= 15 is 0 Å². The maximum atomic E-state index is 9.05. The van der Waals surface area contributed by atoms with Crippen molar-refractivity contribution in [3.63, 3.8) is 0 Å². The summed E-state index contributed by atoms with van der Waals surface area (Å²) in [6, 6.07) is 5.61. The lowest BCUT2D eigenvalue weighted by molar-refractivity contribution is 0.222. The third-order valence-electron chi connectivity index (χ3n) is 2.34. The van der Waals surface area contributed by atoms with E-state index in [2.05, 4.69) is 6.92 Å². The van der Waals surface area contributed by atoms with Crippen LogP contribution in [0.2, 0.25) is 10.0 Å². The zero-order valence-corrected chi connectivity index (χ0v) is 9.65. The van der Waals surface area contributed by atoms with Gasteiger partial charge < -0.3 is 5.11 Å². The topological polar surface area (TPSA) is 20.2 Å². The Balaban J connectivity index is 2.72. The molecule has 1 unspecified atom stereocenters. The molecule has 0 aliphatic carbocycles. The van der Waals surface area contributed by atoms with Crippen LogP contribution in [0, 0.1) is 5.92 Å². The number of aliphatic hydroxyl groups is 1. The molecule has 0 saturated carbocycles. The van der Waals surface area contributed by atoms with E-state index in [9.17, 15) is 0 Å². The normalized spacial score (nSPS) is 12.9. The van der Waals surface area contributed by atoms with E-state index in [1.165, 1.54) is 0 Å². The van der Waals surface area contributed by atoms with Crippen molar-refractivity contribution in [1.29, 1.82) is 0 Å². The fourth-order valence-electron chi connectivity index (χ4n) is 1.34. The number of benzene rings is 1. The Bertz CT molecular complexity index is 295. The SMILES string of the molecule is CCC(CO)Cc1ccc(Cl)c(Cl)c1. The second-order valence-electron chi connectivity index (χ2n) is 3.41. The van der Waals surface area contributed by atoms with E-state index < -0.39 is 0 Å². The lowest BCUT2D eigenvalue weighted by Gasteiger charge is -2.11. The molecule has 14 heavy (non-hydrogen) atoms. The maximum absolute atomic E-state index is 9.05. The average molecular weight is 233 g/mol. The number of hydrogen-bond acceptors (Lipinski definition) is 1. The molecule has 1 aromatic rings. The summed E-state index contributed by atoms with van der Waals surface area (Å²) in [5.41, 5.74) is 1.13. The molecule has 0 bridgehead atoms. The van der Waals surface area contributed by atoms with Gasteiger partial charge in [0.05, 0.1) is 10.0 Å². The lowest BCUT2D eigenvalue weighted by atomic mass is 9.98. The summed E-state index contributed by atoms with van der Waals surface area (Å²) in [6.45, 7) is 2.29. The van der Waals surface area contributed by atoms with Gasteiger partial charge in [-0.25, -0.2) is 0 Å². The van der Waals surface area contributed by atoms with Gasteiger partial charge in [0.2, 0.25) is 0 Å². The van der Waals surface area contributed by atoms with Crippen LogP contribution in [0.3, 0.4) is 0 Å². The van der Waals surface area contributed by atoms with Crippen molar-refractivity contribution < 1.29 is 5.11 Å². The van der Waals surface area contributed by atoms with Crippen LogP contribution in [-0.4, -0.2) is 11.7 Å². The van der Waals surface area contributed by atoms with E-state index in [0.717, 1.165) is 18.4 Å². The quantitative estimate of drug-likeness (QED) is 0.843. The summed E-state index contributed by atoms with van der Waals surface area (Å²) in [7, 11) is 0. The first kappa shape index (κ1) is 11.8. The molecule has 1 nitrogen and oxygen atoms in total. The summed E-state index contributed by atoms with van der Waals surface area (Å²) >= 11 is 11.7. The third-order valence-corrected chi connectivity index (χ3v) is 3.08. The van der Waals surface area contributed by atoms with Gasteiger partial charge in [0.15, 0.2) is 0 Å². The van der Waals surface area contributed by atoms with Crippen molar-refractivity contribution in [2.24, 2.45) is 5.92 Å². The van der Waals surface area contributed by atoms with E-state index in [1.807, 2.05) is 12.1 Å². The molecule has 1 N–H and O–H groups in total. The van der Waals surface area contributed by atoms with Crippen LogP contribution in [0.5, 0.6) is 0 Å². The van der Waals surface area contributed by atoms with Crippen LogP contribution in [-0.2, 0) is 6.42 Å². The minimum atomic E-state index is 0.219. The monoisotopic (exact) mass is 232 g/mol. The summed E-state index contributed by atoms with van der Waals surface area (Å²) in [5.74, 6) is 0.312. The highest BCUT2D eigenvalue weighted by Gasteiger charge is 2.07. The minimum Gasteiger partial charge on any atom is -0.396 e. The van der Waals surface area contributed by atoms with Crippen molar-refractivity contribution in [3.05, 3.63) is 33.8 Å². The van der Waals surface area contributed by atoms with Crippen molar-refractivity contribution >= 4 is 23.2 Å². The molecule has 0 radical (unpaired) electrons. The standard InChI is InChI=1S/C11H14Cl2O/c1-2-8(7-14)5-9-3-4-10(12)11(13)6-9/h3-4,6,8,14H,2,5,7H2,1H3. The third kappa shape index (κ3) is 3.16. The van der Waals surface area contributed by atoms with Crippen LogP contribution in [0.25, 0.3) is 0 Å². The molecule has 0 spiro atoms. The van der Waals surface area contributed by atoms with Crippen LogP contribution in [0.15, 0.2) is 18.2 Å². The molecule has 0 aliphatic heterocycles. The van der Waals surface area contributed by atoms with Crippen molar-refractivity contribution in [2.45, 2.75) is 19.8 Å². The number of rotatable bonds is 4. The van der Waals surface area contributed by atoms with E-state index in [0.29, 0.717) is 16.0 Å². The Morgan fingerprint density at radius 2 is 2.00 bits per heavy atom. The van der Waals surface area contributed by atoms with E-state index in [1.54, 1.807) is 6.07 Å². The zero-order chi connectivity index (χ0) is 10.6. The first-order chi connectivity index (χ1) is 6.67. The first-order valence-electron chi connectivity index (χ1n) is 4.72. The van der Waals surface area contributed by atoms with Crippen LogP contribution in [0.4, 0.5) is 0 Å². The van der Waals surface area contributed by atoms with Crippen LogP contribution >= 0.6 is 23.2 Å². The summed E-state index contributed by atoms with van der Waals surface area (Å²) in [6.07, 6.45) is 1.82. The largest absolute Gasteiger partial charge is 0.396 e. The predicted molar refractivity (Wildman–Crippen MR) is 61.0 cm³/mol. The molecule has 78 valence electrons. The van der Waals surface area contributed by atoms with E-state index in [4.69, 9.17) is 28.3 Å². The molecule has 0 amide bonds. The molecule has 3 heteroatoms. The minimum absolute atomic E-state index is 0.219. The Hall–Kier alpha value is -0.240. The lowest BCUT2D eigenvalue weighted by Crippen LogP contribution is -2.07. The van der Waals surface area contributed by atoms with Crippen molar-refractivity contribution in [2.75, 3.05) is 6.61 Å². The molecule has 0 aromatic heterocycles. The van der Waals surface area contributed by atoms with Gasteiger partial charge in [-0.15, -0.1) is 0 Å². The number of halogens is 2. The molecule has 1 aromatic carbocycles. The molecule has 0 fully saturated rings. The van der Waals surface area contributed by atoms with Crippen molar-refractivity contribution in [3.8, 4) is 0 Å². The molecule has 0 saturated heterocycles. The van der Waals surface area contributed by atoms with Gasteiger partial charge in [-0.1, -0.05) is 42.6 Å². The van der Waals surface area contributed by atoms with Crippen LogP contribution < -0.4 is 0 Å². The average Bonchev–Trinajstić information content (AvgIpc) is 2.19. The Morgan fingerprint density at radius 3 is 2.50 bits per heavy atom. The van der Waals surface area contributed by atoms with Gasteiger partial charge in [-0.3, -0.25) is 0 Å². The van der Waals surface area contributed by atoms with Crippen LogP contribution in [0.1, 0.15) is 18.9 Å². The smallest absolute Gasteiger partial charge is 0.0595 e. The van der Waals surface area contributed by atoms with Gasteiger partial charge in [-0.2, -0.15) is 0 Å². The second-order valence-corrected chi connectivity index (χ2v) is 4.22. The highest BCUT2D eigenvalue weighted by molar-refractivity contribution is 6.42. The Labute approximate surface area is 94.7 Å².